The second-order valence-corrected chi connectivity index (χ2v) is 4.80. The molecule has 3 N–H and O–H groups in total. The molecule has 0 radical (unpaired) electrons. The van der Waals surface area contributed by atoms with Crippen molar-refractivity contribution in [3.05, 3.63) is 59.7 Å². The number of carbonyl (C=O) groups is 3. The summed E-state index contributed by atoms with van der Waals surface area (Å²) in [6, 6.07) is 13.5. The van der Waals surface area contributed by atoms with Crippen molar-refractivity contribution in [1.29, 1.82) is 0 Å². The third-order valence-corrected chi connectivity index (χ3v) is 3.25. The highest BCUT2D eigenvalue weighted by atomic mass is 16.4. The average Bonchev–Trinajstić information content (AvgIpc) is 2.55. The molecule has 6 nitrogen and oxygen atoms in total. The molecule has 0 spiro atoms. The number of amides is 2. The van der Waals surface area contributed by atoms with E-state index in [1.807, 2.05) is 31.2 Å². The van der Waals surface area contributed by atoms with Crippen LogP contribution in [-0.4, -0.2) is 22.9 Å². The van der Waals surface area contributed by atoms with Crippen molar-refractivity contribution in [2.75, 3.05) is 10.6 Å². The summed E-state index contributed by atoms with van der Waals surface area (Å²) in [7, 11) is 0. The van der Waals surface area contributed by atoms with E-state index in [1.165, 1.54) is 24.3 Å². The van der Waals surface area contributed by atoms with E-state index in [9.17, 15) is 14.4 Å². The summed E-state index contributed by atoms with van der Waals surface area (Å²) in [6.07, 6.45) is 0.802. The van der Waals surface area contributed by atoms with E-state index in [2.05, 4.69) is 10.6 Å². The first-order valence-electron chi connectivity index (χ1n) is 7.05. The minimum Gasteiger partial charge on any atom is -0.474 e. The number of hydrogen-bond donors (Lipinski definition) is 3. The van der Waals surface area contributed by atoms with Crippen LogP contribution < -0.4 is 10.6 Å². The third-order valence-electron chi connectivity index (χ3n) is 3.25. The van der Waals surface area contributed by atoms with Crippen LogP contribution in [0.15, 0.2) is 48.5 Å². The van der Waals surface area contributed by atoms with E-state index in [-0.39, 0.29) is 5.91 Å². The van der Waals surface area contributed by atoms with Crippen molar-refractivity contribution in [3.8, 4) is 0 Å². The van der Waals surface area contributed by atoms with Gasteiger partial charge < -0.3 is 15.7 Å². The molecule has 0 heterocycles. The lowest BCUT2D eigenvalue weighted by Gasteiger charge is -2.10. The second kappa shape index (κ2) is 7.22. The smallest absolute Gasteiger partial charge is 0.394 e. The zero-order valence-electron chi connectivity index (χ0n) is 12.5. The second-order valence-electron chi connectivity index (χ2n) is 4.80. The Kier molecular flexibility index (Phi) is 5.09. The van der Waals surface area contributed by atoms with Crippen LogP contribution >= 0.6 is 0 Å². The van der Waals surface area contributed by atoms with Crippen LogP contribution in [0.5, 0.6) is 0 Å². The maximum absolute atomic E-state index is 12.2. The Labute approximate surface area is 133 Å². The molecular formula is C17H16N2O4. The van der Waals surface area contributed by atoms with Crippen molar-refractivity contribution < 1.29 is 19.5 Å². The third kappa shape index (κ3) is 4.16. The van der Waals surface area contributed by atoms with E-state index in [0.717, 1.165) is 17.7 Å². The molecule has 118 valence electrons. The van der Waals surface area contributed by atoms with Crippen LogP contribution in [0.4, 0.5) is 11.4 Å². The van der Waals surface area contributed by atoms with Crippen LogP contribution in [-0.2, 0) is 16.0 Å². The molecule has 0 saturated carbocycles. The first-order chi connectivity index (χ1) is 11.0. The van der Waals surface area contributed by atoms with Crippen molar-refractivity contribution in [3.63, 3.8) is 0 Å². The Morgan fingerprint density at radius 1 is 0.957 bits per heavy atom. The number of aliphatic carboxylic acids is 1. The molecule has 2 amide bonds. The summed E-state index contributed by atoms with van der Waals surface area (Å²) < 4.78 is 0. The van der Waals surface area contributed by atoms with Crippen LogP contribution in [0.2, 0.25) is 0 Å². The van der Waals surface area contributed by atoms with Gasteiger partial charge >= 0.3 is 11.9 Å². The minimum absolute atomic E-state index is 0.276. The highest BCUT2D eigenvalue weighted by Crippen LogP contribution is 2.17. The predicted molar refractivity (Wildman–Crippen MR) is 86.5 cm³/mol. The first kappa shape index (κ1) is 16.2. The SMILES string of the molecule is CCc1ccccc1NC(=O)c1ccc(NC(=O)C(=O)O)cc1. The number of para-hydroxylation sites is 1. The number of carboxylic acid groups (broad SMARTS) is 1. The number of carbonyl (C=O) groups excluding carboxylic acids is 2. The Morgan fingerprint density at radius 2 is 1.61 bits per heavy atom. The van der Waals surface area contributed by atoms with Gasteiger partial charge in [0.05, 0.1) is 0 Å². The molecule has 0 fully saturated rings. The van der Waals surface area contributed by atoms with Crippen LogP contribution in [0, 0.1) is 0 Å². The number of aryl methyl sites for hydroxylation is 1. The van der Waals surface area contributed by atoms with E-state index < -0.39 is 11.9 Å². The Balaban J connectivity index is 2.08. The lowest BCUT2D eigenvalue weighted by Crippen LogP contribution is -2.21. The Morgan fingerprint density at radius 3 is 2.22 bits per heavy atom. The fourth-order valence-corrected chi connectivity index (χ4v) is 2.03. The molecule has 0 aliphatic heterocycles. The molecule has 6 heteroatoms. The lowest BCUT2D eigenvalue weighted by molar-refractivity contribution is -0.147. The number of benzene rings is 2. The van der Waals surface area contributed by atoms with Gasteiger partial charge in [0.15, 0.2) is 0 Å². The molecule has 0 atom stereocenters. The standard InChI is InChI=1S/C17H16N2O4/c1-2-11-5-3-4-6-14(11)19-15(20)12-7-9-13(10-8-12)18-16(21)17(22)23/h3-10H,2H2,1H3,(H,18,21)(H,19,20)(H,22,23). The molecular weight excluding hydrogens is 296 g/mol. The first-order valence-corrected chi connectivity index (χ1v) is 7.05. The number of hydrogen-bond acceptors (Lipinski definition) is 3. The summed E-state index contributed by atoms with van der Waals surface area (Å²) in [5.41, 5.74) is 2.50. The van der Waals surface area contributed by atoms with Crippen LogP contribution in [0.25, 0.3) is 0 Å². The molecule has 0 bridgehead atoms. The fourth-order valence-electron chi connectivity index (χ4n) is 2.03. The number of carboxylic acids is 1. The molecule has 0 aliphatic carbocycles. The van der Waals surface area contributed by atoms with Crippen molar-refractivity contribution >= 4 is 29.2 Å². The van der Waals surface area contributed by atoms with Gasteiger partial charge in [-0.1, -0.05) is 25.1 Å². The normalized spacial score (nSPS) is 9.96. The molecule has 2 aromatic rings. The van der Waals surface area contributed by atoms with Gasteiger partial charge in [-0.3, -0.25) is 9.59 Å². The average molecular weight is 312 g/mol. The highest BCUT2D eigenvalue weighted by molar-refractivity contribution is 6.36. The summed E-state index contributed by atoms with van der Waals surface area (Å²) >= 11 is 0. The van der Waals surface area contributed by atoms with Crippen molar-refractivity contribution in [2.24, 2.45) is 0 Å². The Bertz CT molecular complexity index is 739. The van der Waals surface area contributed by atoms with Gasteiger partial charge in [0.25, 0.3) is 5.91 Å². The van der Waals surface area contributed by atoms with Gasteiger partial charge in [0.1, 0.15) is 0 Å². The maximum atomic E-state index is 12.2. The largest absolute Gasteiger partial charge is 0.474 e. The molecule has 0 aliphatic rings. The van der Waals surface area contributed by atoms with Gasteiger partial charge in [0, 0.05) is 16.9 Å². The molecule has 2 rings (SSSR count). The number of rotatable bonds is 4. The minimum atomic E-state index is -1.57. The quantitative estimate of drug-likeness (QED) is 0.756. The van der Waals surface area contributed by atoms with Crippen LogP contribution in [0.3, 0.4) is 0 Å². The highest BCUT2D eigenvalue weighted by Gasteiger charge is 2.12. The van der Waals surface area contributed by atoms with Crippen molar-refractivity contribution in [1.82, 2.24) is 0 Å². The molecule has 2 aromatic carbocycles. The van der Waals surface area contributed by atoms with Gasteiger partial charge in [0.2, 0.25) is 0 Å². The van der Waals surface area contributed by atoms with Crippen LogP contribution in [0.1, 0.15) is 22.8 Å². The summed E-state index contributed by atoms with van der Waals surface area (Å²) in [5, 5.41) is 13.6. The lowest BCUT2D eigenvalue weighted by atomic mass is 10.1. The van der Waals surface area contributed by atoms with Gasteiger partial charge in [-0.05, 0) is 42.3 Å². The van der Waals surface area contributed by atoms with E-state index >= 15 is 0 Å². The maximum Gasteiger partial charge on any atom is 0.394 e. The predicted octanol–water partition coefficient (Wildman–Crippen LogP) is 2.52. The van der Waals surface area contributed by atoms with Gasteiger partial charge in [-0.2, -0.15) is 0 Å². The van der Waals surface area contributed by atoms with E-state index in [0.29, 0.717) is 11.3 Å². The van der Waals surface area contributed by atoms with Gasteiger partial charge in [-0.15, -0.1) is 0 Å². The topological polar surface area (TPSA) is 95.5 Å². The monoisotopic (exact) mass is 312 g/mol. The summed E-state index contributed by atoms with van der Waals surface area (Å²) in [6.45, 7) is 2.00. The summed E-state index contributed by atoms with van der Waals surface area (Å²) in [5.74, 6) is -2.97. The molecule has 23 heavy (non-hydrogen) atoms. The fraction of sp³-hybridized carbons (Fsp3) is 0.118. The molecule has 0 unspecified atom stereocenters. The zero-order valence-corrected chi connectivity index (χ0v) is 12.5. The van der Waals surface area contributed by atoms with Crippen molar-refractivity contribution in [2.45, 2.75) is 13.3 Å². The zero-order chi connectivity index (χ0) is 16.8. The molecule has 0 aromatic heterocycles. The van der Waals surface area contributed by atoms with E-state index in [1.54, 1.807) is 0 Å². The number of anilines is 2. The van der Waals surface area contributed by atoms with E-state index in [4.69, 9.17) is 5.11 Å². The summed E-state index contributed by atoms with van der Waals surface area (Å²) in [4.78, 5) is 33.8. The molecule has 0 saturated heterocycles. The Hall–Kier alpha value is -3.15. The number of nitrogens with one attached hydrogen (secondary N) is 2. The van der Waals surface area contributed by atoms with Gasteiger partial charge in [-0.25, -0.2) is 4.79 Å².